The molecule has 1 aromatic rings. The number of hydrogen-bond acceptors (Lipinski definition) is 1. The highest BCUT2D eigenvalue weighted by molar-refractivity contribution is 8.02. The van der Waals surface area contributed by atoms with Crippen molar-refractivity contribution in [2.75, 3.05) is 6.26 Å². The van der Waals surface area contributed by atoms with Crippen molar-refractivity contribution < 1.29 is 0 Å². The van der Waals surface area contributed by atoms with Gasteiger partial charge in [0.25, 0.3) is 0 Å². The van der Waals surface area contributed by atoms with Crippen LogP contribution < -0.4 is 0 Å². The molecule has 1 heteroatoms. The van der Waals surface area contributed by atoms with Crippen molar-refractivity contribution >= 4 is 17.3 Å². The van der Waals surface area contributed by atoms with Crippen LogP contribution in [0.15, 0.2) is 47.4 Å². The maximum Gasteiger partial charge on any atom is -0.00737 e. The van der Waals surface area contributed by atoms with E-state index in [2.05, 4.69) is 48.7 Å². The third-order valence-corrected chi connectivity index (χ3v) is 3.37. The minimum Gasteiger partial charge on any atom is -0.133 e. The van der Waals surface area contributed by atoms with Gasteiger partial charge in [0, 0.05) is 0 Å². The first-order valence-corrected chi connectivity index (χ1v) is 6.13. The highest BCUT2D eigenvalue weighted by atomic mass is 32.2. The molecule has 0 fully saturated rings. The van der Waals surface area contributed by atoms with Gasteiger partial charge in [-0.05, 0) is 35.1 Å². The Morgan fingerprint density at radius 3 is 2.64 bits per heavy atom. The van der Waals surface area contributed by atoms with Crippen LogP contribution in [0.5, 0.6) is 0 Å². The van der Waals surface area contributed by atoms with Gasteiger partial charge in [0.2, 0.25) is 0 Å². The molecule has 0 bridgehead atoms. The molecule has 1 aliphatic carbocycles. The Balaban J connectivity index is 2.41. The molecule has 0 N–H and O–H groups in total. The molecule has 0 amide bonds. The quantitative estimate of drug-likeness (QED) is 0.695. The third-order valence-electron chi connectivity index (χ3n) is 2.45. The zero-order chi connectivity index (χ0) is 9.80. The van der Waals surface area contributed by atoms with E-state index in [4.69, 9.17) is 0 Å². The monoisotopic (exact) mass is 202 g/mol. The standard InChI is InChI=1S/C13H14S/c1-14-13-10-6-5-9-12(13)11-7-3-2-4-8-11/h2-5,7-9H,6,10H2,1H3. The fraction of sp³-hybridized carbons (Fsp3) is 0.231. The topological polar surface area (TPSA) is 0 Å². The molecule has 1 aliphatic rings. The molecule has 0 saturated heterocycles. The summed E-state index contributed by atoms with van der Waals surface area (Å²) in [4.78, 5) is 1.51. The third kappa shape index (κ3) is 1.93. The van der Waals surface area contributed by atoms with Gasteiger partial charge in [-0.25, -0.2) is 0 Å². The summed E-state index contributed by atoms with van der Waals surface area (Å²) in [5, 5.41) is 0. The van der Waals surface area contributed by atoms with Crippen LogP contribution in [-0.2, 0) is 0 Å². The van der Waals surface area contributed by atoms with Gasteiger partial charge in [0.15, 0.2) is 0 Å². The van der Waals surface area contributed by atoms with Gasteiger partial charge in [0.1, 0.15) is 0 Å². The van der Waals surface area contributed by atoms with E-state index >= 15 is 0 Å². The molecule has 0 saturated carbocycles. The van der Waals surface area contributed by atoms with Gasteiger partial charge in [-0.3, -0.25) is 0 Å². The number of hydrogen-bond donors (Lipinski definition) is 0. The normalized spacial score (nSPS) is 16.1. The fourth-order valence-corrected chi connectivity index (χ4v) is 2.46. The predicted octanol–water partition coefficient (Wildman–Crippen LogP) is 4.11. The largest absolute Gasteiger partial charge is 0.133 e. The molecule has 2 rings (SSSR count). The van der Waals surface area contributed by atoms with Gasteiger partial charge in [0.05, 0.1) is 0 Å². The van der Waals surface area contributed by atoms with Crippen LogP contribution in [0.3, 0.4) is 0 Å². The van der Waals surface area contributed by atoms with Gasteiger partial charge >= 0.3 is 0 Å². The van der Waals surface area contributed by atoms with Crippen LogP contribution in [0, 0.1) is 0 Å². The summed E-state index contributed by atoms with van der Waals surface area (Å²) in [6, 6.07) is 10.6. The van der Waals surface area contributed by atoms with Crippen molar-refractivity contribution in [1.82, 2.24) is 0 Å². The van der Waals surface area contributed by atoms with E-state index in [9.17, 15) is 0 Å². The molecule has 0 aromatic heterocycles. The van der Waals surface area contributed by atoms with Crippen LogP contribution in [0.2, 0.25) is 0 Å². The lowest BCUT2D eigenvalue weighted by molar-refractivity contribution is 1.03. The van der Waals surface area contributed by atoms with Crippen LogP contribution in [0.1, 0.15) is 18.4 Å². The molecule has 0 spiro atoms. The zero-order valence-corrected chi connectivity index (χ0v) is 9.18. The second kappa shape index (κ2) is 4.52. The molecule has 14 heavy (non-hydrogen) atoms. The number of thioether (sulfide) groups is 1. The van der Waals surface area contributed by atoms with Gasteiger partial charge in [-0.2, -0.15) is 0 Å². The molecule has 0 radical (unpaired) electrons. The number of rotatable bonds is 2. The average Bonchev–Trinajstić information content (AvgIpc) is 2.30. The first kappa shape index (κ1) is 9.60. The number of benzene rings is 1. The van der Waals surface area contributed by atoms with E-state index in [1.165, 1.54) is 28.9 Å². The Morgan fingerprint density at radius 2 is 1.93 bits per heavy atom. The summed E-state index contributed by atoms with van der Waals surface area (Å²) in [5.41, 5.74) is 2.75. The molecule has 0 unspecified atom stereocenters. The fourth-order valence-electron chi connectivity index (χ4n) is 1.73. The molecule has 72 valence electrons. The minimum absolute atomic E-state index is 1.19. The van der Waals surface area contributed by atoms with Gasteiger partial charge in [-0.1, -0.05) is 42.5 Å². The smallest absolute Gasteiger partial charge is 0.00737 e. The summed E-state index contributed by atoms with van der Waals surface area (Å²) in [5.74, 6) is 0. The summed E-state index contributed by atoms with van der Waals surface area (Å²) in [6.45, 7) is 0. The van der Waals surface area contributed by atoms with E-state index < -0.39 is 0 Å². The predicted molar refractivity (Wildman–Crippen MR) is 65.3 cm³/mol. The van der Waals surface area contributed by atoms with E-state index in [1.54, 1.807) is 0 Å². The maximum absolute atomic E-state index is 2.27. The van der Waals surface area contributed by atoms with Crippen LogP contribution in [0.25, 0.3) is 5.57 Å². The minimum atomic E-state index is 1.19. The summed E-state index contributed by atoms with van der Waals surface area (Å²) >= 11 is 1.88. The lowest BCUT2D eigenvalue weighted by Gasteiger charge is -2.14. The first-order valence-electron chi connectivity index (χ1n) is 4.91. The van der Waals surface area contributed by atoms with Crippen molar-refractivity contribution in [1.29, 1.82) is 0 Å². The zero-order valence-electron chi connectivity index (χ0n) is 8.36. The lowest BCUT2D eigenvalue weighted by atomic mass is 9.99. The van der Waals surface area contributed by atoms with Crippen molar-refractivity contribution in [2.45, 2.75) is 12.8 Å². The van der Waals surface area contributed by atoms with Crippen molar-refractivity contribution in [3.8, 4) is 0 Å². The summed E-state index contributed by atoms with van der Waals surface area (Å²) < 4.78 is 0. The average molecular weight is 202 g/mol. The lowest BCUT2D eigenvalue weighted by Crippen LogP contribution is -1.91. The first-order chi connectivity index (χ1) is 6.92. The Kier molecular flexibility index (Phi) is 3.10. The van der Waals surface area contributed by atoms with E-state index in [1.807, 2.05) is 11.8 Å². The molecule has 0 heterocycles. The molecular weight excluding hydrogens is 188 g/mol. The van der Waals surface area contributed by atoms with Crippen molar-refractivity contribution in [3.63, 3.8) is 0 Å². The molecular formula is C13H14S. The highest BCUT2D eigenvalue weighted by Crippen LogP contribution is 2.33. The van der Waals surface area contributed by atoms with Crippen LogP contribution >= 0.6 is 11.8 Å². The molecule has 0 nitrogen and oxygen atoms in total. The Labute approximate surface area is 89.7 Å². The molecule has 1 aromatic carbocycles. The van der Waals surface area contributed by atoms with Crippen LogP contribution in [-0.4, -0.2) is 6.26 Å². The summed E-state index contributed by atoms with van der Waals surface area (Å²) in [6.07, 6.45) is 9.07. The second-order valence-corrected chi connectivity index (χ2v) is 4.25. The van der Waals surface area contributed by atoms with Crippen molar-refractivity contribution in [3.05, 3.63) is 53.0 Å². The number of allylic oxidation sites excluding steroid dienone is 4. The van der Waals surface area contributed by atoms with Crippen molar-refractivity contribution in [2.24, 2.45) is 0 Å². The SMILES string of the molecule is CSC1=C(c2ccccc2)C=CCC1. The maximum atomic E-state index is 2.27. The Morgan fingerprint density at radius 1 is 1.14 bits per heavy atom. The van der Waals surface area contributed by atoms with E-state index in [-0.39, 0.29) is 0 Å². The van der Waals surface area contributed by atoms with E-state index in [0.717, 1.165) is 0 Å². The second-order valence-electron chi connectivity index (χ2n) is 3.35. The summed E-state index contributed by atoms with van der Waals surface area (Å²) in [7, 11) is 0. The van der Waals surface area contributed by atoms with Gasteiger partial charge in [-0.15, -0.1) is 11.8 Å². The Bertz CT molecular complexity index is 360. The van der Waals surface area contributed by atoms with Crippen LogP contribution in [0.4, 0.5) is 0 Å². The van der Waals surface area contributed by atoms with Gasteiger partial charge < -0.3 is 0 Å². The van der Waals surface area contributed by atoms with E-state index in [0.29, 0.717) is 0 Å². The Hall–Kier alpha value is -0.950. The molecule has 0 aliphatic heterocycles. The molecule has 0 atom stereocenters. The highest BCUT2D eigenvalue weighted by Gasteiger charge is 2.08.